The lowest BCUT2D eigenvalue weighted by atomic mass is 9.90. The highest BCUT2D eigenvalue weighted by atomic mass is 35.5. The predicted octanol–water partition coefficient (Wildman–Crippen LogP) is 2.20. The summed E-state index contributed by atoms with van der Waals surface area (Å²) in [6.45, 7) is 5.48. The highest BCUT2D eigenvalue weighted by Crippen LogP contribution is 2.31. The Morgan fingerprint density at radius 3 is 2.76 bits per heavy atom. The third kappa shape index (κ3) is 4.06. The number of nitrogens with zero attached hydrogens (tertiary/aromatic N) is 2. The Morgan fingerprint density at radius 1 is 1.52 bits per heavy atom. The molecular weight excluding hydrogens is 294 g/mol. The first-order chi connectivity index (χ1) is 9.47. The van der Waals surface area contributed by atoms with Crippen LogP contribution < -0.4 is 10.5 Å². The summed E-state index contributed by atoms with van der Waals surface area (Å²) in [6, 6.07) is 5.13. The van der Waals surface area contributed by atoms with Crippen LogP contribution in [0.2, 0.25) is 0 Å². The van der Waals surface area contributed by atoms with Gasteiger partial charge in [0, 0.05) is 19.2 Å². The van der Waals surface area contributed by atoms with Crippen LogP contribution in [0.15, 0.2) is 18.2 Å². The number of ether oxygens (including phenoxy) is 1. The molecule has 1 aromatic carbocycles. The SMILES string of the molecule is COc1ccc(CN2CCC(C)(CN)C2)cc1[N+](=O)[O-].Cl. The second-order valence-electron chi connectivity index (χ2n) is 5.74. The van der Waals surface area contributed by atoms with E-state index in [1.807, 2.05) is 6.07 Å². The fourth-order valence-electron chi connectivity index (χ4n) is 2.66. The maximum absolute atomic E-state index is 11.0. The molecule has 7 heteroatoms. The van der Waals surface area contributed by atoms with Crippen molar-refractivity contribution in [3.8, 4) is 5.75 Å². The lowest BCUT2D eigenvalue weighted by molar-refractivity contribution is -0.385. The van der Waals surface area contributed by atoms with Gasteiger partial charge in [0.1, 0.15) is 0 Å². The third-order valence-electron chi connectivity index (χ3n) is 3.98. The van der Waals surface area contributed by atoms with Gasteiger partial charge in [0.05, 0.1) is 12.0 Å². The second kappa shape index (κ2) is 7.06. The van der Waals surface area contributed by atoms with E-state index in [0.717, 1.165) is 25.1 Å². The third-order valence-corrected chi connectivity index (χ3v) is 3.98. The maximum Gasteiger partial charge on any atom is 0.311 e. The van der Waals surface area contributed by atoms with Crippen molar-refractivity contribution >= 4 is 18.1 Å². The first kappa shape index (κ1) is 17.7. The van der Waals surface area contributed by atoms with Gasteiger partial charge >= 0.3 is 5.69 Å². The number of hydrogen-bond donors (Lipinski definition) is 1. The monoisotopic (exact) mass is 315 g/mol. The predicted molar refractivity (Wildman–Crippen MR) is 84.0 cm³/mol. The summed E-state index contributed by atoms with van der Waals surface area (Å²) in [6.07, 6.45) is 1.07. The molecule has 1 fully saturated rings. The van der Waals surface area contributed by atoms with Crippen LogP contribution in [0.5, 0.6) is 5.75 Å². The number of nitro groups is 1. The Hall–Kier alpha value is -1.37. The van der Waals surface area contributed by atoms with Crippen LogP contribution in [0.4, 0.5) is 5.69 Å². The molecule has 1 aliphatic rings. The van der Waals surface area contributed by atoms with Gasteiger partial charge in [-0.2, -0.15) is 0 Å². The molecule has 0 saturated carbocycles. The van der Waals surface area contributed by atoms with E-state index in [9.17, 15) is 10.1 Å². The van der Waals surface area contributed by atoms with Crippen LogP contribution in [0.1, 0.15) is 18.9 Å². The zero-order valence-corrected chi connectivity index (χ0v) is 13.2. The number of rotatable bonds is 5. The van der Waals surface area contributed by atoms with E-state index in [1.165, 1.54) is 7.11 Å². The van der Waals surface area contributed by atoms with E-state index in [4.69, 9.17) is 10.5 Å². The molecule has 0 spiro atoms. The van der Waals surface area contributed by atoms with Crippen molar-refractivity contribution in [1.29, 1.82) is 0 Å². The lowest BCUT2D eigenvalue weighted by Gasteiger charge is -2.22. The van der Waals surface area contributed by atoms with E-state index < -0.39 is 4.92 Å². The zero-order valence-electron chi connectivity index (χ0n) is 12.4. The van der Waals surface area contributed by atoms with E-state index in [-0.39, 0.29) is 23.5 Å². The molecule has 118 valence electrons. The minimum absolute atomic E-state index is 0. The van der Waals surface area contributed by atoms with Crippen LogP contribution in [-0.2, 0) is 6.54 Å². The van der Waals surface area contributed by atoms with Crippen molar-refractivity contribution < 1.29 is 9.66 Å². The number of benzene rings is 1. The number of nitrogens with two attached hydrogens (primary N) is 1. The Morgan fingerprint density at radius 2 is 2.24 bits per heavy atom. The Bertz CT molecular complexity index is 512. The quantitative estimate of drug-likeness (QED) is 0.665. The summed E-state index contributed by atoms with van der Waals surface area (Å²) < 4.78 is 5.01. The Labute approximate surface area is 130 Å². The van der Waals surface area contributed by atoms with Gasteiger partial charge in [-0.05, 0) is 36.6 Å². The van der Waals surface area contributed by atoms with Gasteiger partial charge in [-0.1, -0.05) is 13.0 Å². The molecule has 2 rings (SSSR count). The fraction of sp³-hybridized carbons (Fsp3) is 0.571. The lowest BCUT2D eigenvalue weighted by Crippen LogP contribution is -2.31. The average molecular weight is 316 g/mol. The van der Waals surface area contributed by atoms with Crippen LogP contribution >= 0.6 is 12.4 Å². The van der Waals surface area contributed by atoms with Gasteiger partial charge in [0.25, 0.3) is 0 Å². The van der Waals surface area contributed by atoms with Crippen molar-refractivity contribution in [3.63, 3.8) is 0 Å². The highest BCUT2D eigenvalue weighted by molar-refractivity contribution is 5.85. The fourth-order valence-corrected chi connectivity index (χ4v) is 2.66. The molecule has 1 unspecified atom stereocenters. The smallest absolute Gasteiger partial charge is 0.311 e. The summed E-state index contributed by atoms with van der Waals surface area (Å²) in [5, 5.41) is 11.0. The van der Waals surface area contributed by atoms with Crippen molar-refractivity contribution in [2.75, 3.05) is 26.7 Å². The summed E-state index contributed by atoms with van der Waals surface area (Å²) in [7, 11) is 1.44. The van der Waals surface area contributed by atoms with Gasteiger partial charge in [-0.15, -0.1) is 12.4 Å². The highest BCUT2D eigenvalue weighted by Gasteiger charge is 2.32. The standard InChI is InChI=1S/C14H21N3O3.ClH/c1-14(9-15)5-6-16(10-14)8-11-3-4-13(20-2)12(7-11)17(18)19;/h3-4,7H,5-6,8-10,15H2,1-2H3;1H. The van der Waals surface area contributed by atoms with Gasteiger partial charge in [-0.3, -0.25) is 15.0 Å². The minimum Gasteiger partial charge on any atom is -0.490 e. The first-order valence-electron chi connectivity index (χ1n) is 6.71. The minimum atomic E-state index is -0.406. The molecule has 1 aliphatic heterocycles. The molecule has 0 amide bonds. The Kier molecular flexibility index (Phi) is 5.95. The van der Waals surface area contributed by atoms with Gasteiger partial charge in [0.2, 0.25) is 0 Å². The molecule has 1 heterocycles. The second-order valence-corrected chi connectivity index (χ2v) is 5.74. The van der Waals surface area contributed by atoms with Crippen LogP contribution in [0.25, 0.3) is 0 Å². The summed E-state index contributed by atoms with van der Waals surface area (Å²) in [5.74, 6) is 0.298. The Balaban J connectivity index is 0.00000220. The molecule has 1 atom stereocenters. The van der Waals surface area contributed by atoms with Gasteiger partial charge in [-0.25, -0.2) is 0 Å². The molecule has 2 N–H and O–H groups in total. The van der Waals surface area contributed by atoms with E-state index >= 15 is 0 Å². The van der Waals surface area contributed by atoms with Crippen LogP contribution in [0, 0.1) is 15.5 Å². The number of hydrogen-bond acceptors (Lipinski definition) is 5. The van der Waals surface area contributed by atoms with Crippen LogP contribution in [-0.4, -0.2) is 36.6 Å². The van der Waals surface area contributed by atoms with E-state index in [1.54, 1.807) is 12.1 Å². The molecule has 0 aliphatic carbocycles. The molecule has 0 aromatic heterocycles. The summed E-state index contributed by atoms with van der Waals surface area (Å²) >= 11 is 0. The number of halogens is 1. The van der Waals surface area contributed by atoms with Gasteiger partial charge < -0.3 is 10.5 Å². The molecule has 1 saturated heterocycles. The largest absolute Gasteiger partial charge is 0.490 e. The normalized spacial score (nSPS) is 21.9. The topological polar surface area (TPSA) is 81.6 Å². The summed E-state index contributed by atoms with van der Waals surface area (Å²) in [4.78, 5) is 12.9. The van der Waals surface area contributed by atoms with E-state index in [2.05, 4.69) is 11.8 Å². The van der Waals surface area contributed by atoms with Crippen LogP contribution in [0.3, 0.4) is 0 Å². The number of methoxy groups -OCH3 is 1. The van der Waals surface area contributed by atoms with Crippen molar-refractivity contribution in [2.24, 2.45) is 11.1 Å². The molecule has 21 heavy (non-hydrogen) atoms. The van der Waals surface area contributed by atoms with Crippen molar-refractivity contribution in [2.45, 2.75) is 19.9 Å². The molecular formula is C14H22ClN3O3. The zero-order chi connectivity index (χ0) is 14.8. The molecule has 0 radical (unpaired) electrons. The number of nitro benzene ring substituents is 1. The average Bonchev–Trinajstić information content (AvgIpc) is 2.81. The molecule has 1 aromatic rings. The number of likely N-dealkylation sites (tertiary alicyclic amines) is 1. The van der Waals surface area contributed by atoms with Crippen molar-refractivity contribution in [1.82, 2.24) is 4.90 Å². The van der Waals surface area contributed by atoms with Gasteiger partial charge in [0.15, 0.2) is 5.75 Å². The maximum atomic E-state index is 11.0. The van der Waals surface area contributed by atoms with E-state index in [0.29, 0.717) is 18.8 Å². The first-order valence-corrected chi connectivity index (χ1v) is 6.71. The van der Waals surface area contributed by atoms with Crippen molar-refractivity contribution in [3.05, 3.63) is 33.9 Å². The summed E-state index contributed by atoms with van der Waals surface area (Å²) in [5.41, 5.74) is 6.91. The molecule has 0 bridgehead atoms. The molecule has 6 nitrogen and oxygen atoms in total.